The van der Waals surface area contributed by atoms with Crippen molar-refractivity contribution in [1.82, 2.24) is 10.2 Å². The number of piperidine rings is 1. The summed E-state index contributed by atoms with van der Waals surface area (Å²) in [5.41, 5.74) is 0.975. The summed E-state index contributed by atoms with van der Waals surface area (Å²) < 4.78 is 9.99. The van der Waals surface area contributed by atoms with Gasteiger partial charge in [0.2, 0.25) is 5.91 Å². The Morgan fingerprint density at radius 1 is 1.22 bits per heavy atom. The monoisotopic (exact) mass is 320 g/mol. The van der Waals surface area contributed by atoms with Gasteiger partial charge in [0.15, 0.2) is 0 Å². The number of amides is 2. The van der Waals surface area contributed by atoms with Crippen LogP contribution in [0, 0.1) is 0 Å². The molecule has 1 aromatic rings. The van der Waals surface area contributed by atoms with Crippen molar-refractivity contribution in [2.75, 3.05) is 26.8 Å². The molecule has 0 aromatic heterocycles. The number of ether oxygens (including phenoxy) is 2. The van der Waals surface area contributed by atoms with Gasteiger partial charge in [-0.3, -0.25) is 4.79 Å². The molecule has 0 unspecified atom stereocenters. The Balaban J connectivity index is 1.77. The minimum Gasteiger partial charge on any atom is -0.497 e. The molecule has 23 heavy (non-hydrogen) atoms. The van der Waals surface area contributed by atoms with E-state index in [9.17, 15) is 9.59 Å². The predicted molar refractivity (Wildman–Crippen MR) is 86.5 cm³/mol. The fourth-order valence-electron chi connectivity index (χ4n) is 2.64. The summed E-state index contributed by atoms with van der Waals surface area (Å²) in [6.45, 7) is 3.46. The third kappa shape index (κ3) is 5.16. The quantitative estimate of drug-likeness (QED) is 0.901. The Labute approximate surface area is 136 Å². The molecule has 0 bridgehead atoms. The van der Waals surface area contributed by atoms with Crippen LogP contribution >= 0.6 is 0 Å². The fourth-order valence-corrected chi connectivity index (χ4v) is 2.64. The second-order valence-corrected chi connectivity index (χ2v) is 5.54. The van der Waals surface area contributed by atoms with Gasteiger partial charge in [-0.1, -0.05) is 12.1 Å². The Hall–Kier alpha value is -2.24. The number of carbonyl (C=O) groups is 2. The molecule has 0 atom stereocenters. The molecule has 0 radical (unpaired) electrons. The normalized spacial score (nSPS) is 15.1. The fraction of sp³-hybridized carbons (Fsp3) is 0.529. The number of carbonyl (C=O) groups excluding carboxylic acids is 2. The number of alkyl carbamates (subject to hydrolysis) is 1. The summed E-state index contributed by atoms with van der Waals surface area (Å²) in [5.74, 6) is 0.900. The molecule has 1 aliphatic rings. The van der Waals surface area contributed by atoms with E-state index in [-0.39, 0.29) is 18.0 Å². The summed E-state index contributed by atoms with van der Waals surface area (Å²) in [4.78, 5) is 25.6. The van der Waals surface area contributed by atoms with Crippen LogP contribution in [0.3, 0.4) is 0 Å². The van der Waals surface area contributed by atoms with Gasteiger partial charge in [0.25, 0.3) is 0 Å². The minimum atomic E-state index is -0.379. The van der Waals surface area contributed by atoms with Crippen molar-refractivity contribution in [3.05, 3.63) is 29.8 Å². The van der Waals surface area contributed by atoms with Crippen LogP contribution in [0.4, 0.5) is 4.79 Å². The summed E-state index contributed by atoms with van der Waals surface area (Å²) in [5, 5.41) is 2.83. The summed E-state index contributed by atoms with van der Waals surface area (Å²) in [6, 6.07) is 7.62. The summed E-state index contributed by atoms with van der Waals surface area (Å²) in [6.07, 6.45) is 1.52. The Morgan fingerprint density at radius 3 is 2.43 bits per heavy atom. The lowest BCUT2D eigenvalue weighted by molar-refractivity contribution is -0.131. The highest BCUT2D eigenvalue weighted by atomic mass is 16.5. The third-order valence-electron chi connectivity index (χ3n) is 3.96. The first-order valence-electron chi connectivity index (χ1n) is 7.96. The highest BCUT2D eigenvalue weighted by molar-refractivity contribution is 5.79. The number of likely N-dealkylation sites (tertiary alicyclic amines) is 1. The topological polar surface area (TPSA) is 67.9 Å². The van der Waals surface area contributed by atoms with Crippen LogP contribution in [-0.4, -0.2) is 49.7 Å². The lowest BCUT2D eigenvalue weighted by atomic mass is 10.0. The zero-order valence-corrected chi connectivity index (χ0v) is 13.7. The molecule has 0 aliphatic carbocycles. The molecular formula is C17H24N2O4. The Bertz CT molecular complexity index is 522. The molecule has 1 heterocycles. The predicted octanol–water partition coefficient (Wildman–Crippen LogP) is 1.97. The highest BCUT2D eigenvalue weighted by Gasteiger charge is 2.24. The standard InChI is InChI=1S/C17H24N2O4/c1-3-23-17(21)18-14-8-10-19(11-9-14)16(20)12-13-4-6-15(22-2)7-5-13/h4-7,14H,3,8-12H2,1-2H3,(H,18,21). The molecule has 1 saturated heterocycles. The van der Waals surface area contributed by atoms with Gasteiger partial charge in [0.1, 0.15) is 5.75 Å². The first kappa shape index (κ1) is 17.1. The van der Waals surface area contributed by atoms with Crippen molar-refractivity contribution < 1.29 is 19.1 Å². The van der Waals surface area contributed by atoms with Crippen LogP contribution in [0.1, 0.15) is 25.3 Å². The van der Waals surface area contributed by atoms with Crippen LogP contribution in [0.25, 0.3) is 0 Å². The molecular weight excluding hydrogens is 296 g/mol. The number of methoxy groups -OCH3 is 1. The second-order valence-electron chi connectivity index (χ2n) is 5.54. The maximum atomic E-state index is 12.3. The van der Waals surface area contributed by atoms with Crippen molar-refractivity contribution in [1.29, 1.82) is 0 Å². The summed E-state index contributed by atoms with van der Waals surface area (Å²) in [7, 11) is 1.62. The van der Waals surface area contributed by atoms with E-state index in [1.807, 2.05) is 29.2 Å². The van der Waals surface area contributed by atoms with E-state index in [2.05, 4.69) is 5.32 Å². The molecule has 2 amide bonds. The van der Waals surface area contributed by atoms with Gasteiger partial charge in [-0.2, -0.15) is 0 Å². The van der Waals surface area contributed by atoms with Crippen molar-refractivity contribution in [3.8, 4) is 5.75 Å². The Morgan fingerprint density at radius 2 is 1.87 bits per heavy atom. The molecule has 1 N–H and O–H groups in total. The molecule has 0 spiro atoms. The summed E-state index contributed by atoms with van der Waals surface area (Å²) >= 11 is 0. The average molecular weight is 320 g/mol. The van der Waals surface area contributed by atoms with Gasteiger partial charge in [-0.15, -0.1) is 0 Å². The smallest absolute Gasteiger partial charge is 0.407 e. The number of hydrogen-bond acceptors (Lipinski definition) is 4. The average Bonchev–Trinajstić information content (AvgIpc) is 2.56. The largest absolute Gasteiger partial charge is 0.497 e. The van der Waals surface area contributed by atoms with Gasteiger partial charge in [-0.05, 0) is 37.5 Å². The molecule has 0 saturated carbocycles. The van der Waals surface area contributed by atoms with Crippen molar-refractivity contribution in [2.45, 2.75) is 32.2 Å². The van der Waals surface area contributed by atoms with E-state index in [1.54, 1.807) is 14.0 Å². The van der Waals surface area contributed by atoms with Gasteiger partial charge in [-0.25, -0.2) is 4.79 Å². The van der Waals surface area contributed by atoms with Gasteiger partial charge >= 0.3 is 6.09 Å². The first-order valence-corrected chi connectivity index (χ1v) is 7.96. The number of benzene rings is 1. The van der Waals surface area contributed by atoms with Gasteiger partial charge in [0, 0.05) is 19.1 Å². The van der Waals surface area contributed by atoms with E-state index in [0.717, 1.165) is 24.2 Å². The molecule has 1 aliphatic heterocycles. The minimum absolute atomic E-state index is 0.0825. The van der Waals surface area contributed by atoms with Crippen molar-refractivity contribution in [3.63, 3.8) is 0 Å². The Kier molecular flexibility index (Phi) is 6.26. The molecule has 1 aromatic carbocycles. The lowest BCUT2D eigenvalue weighted by Crippen LogP contribution is -2.47. The van der Waals surface area contributed by atoms with Crippen LogP contribution in [-0.2, 0) is 16.0 Å². The van der Waals surface area contributed by atoms with Gasteiger partial charge in [0.05, 0.1) is 20.1 Å². The SMILES string of the molecule is CCOC(=O)NC1CCN(C(=O)Cc2ccc(OC)cc2)CC1. The number of rotatable bonds is 5. The van der Waals surface area contributed by atoms with Crippen molar-refractivity contribution >= 4 is 12.0 Å². The lowest BCUT2D eigenvalue weighted by Gasteiger charge is -2.32. The maximum absolute atomic E-state index is 12.3. The van der Waals surface area contributed by atoms with Crippen LogP contribution < -0.4 is 10.1 Å². The number of nitrogens with zero attached hydrogens (tertiary/aromatic N) is 1. The van der Waals surface area contributed by atoms with Crippen LogP contribution in [0.2, 0.25) is 0 Å². The third-order valence-corrected chi connectivity index (χ3v) is 3.96. The molecule has 1 fully saturated rings. The zero-order chi connectivity index (χ0) is 16.7. The molecule has 6 heteroatoms. The van der Waals surface area contributed by atoms with Crippen LogP contribution in [0.15, 0.2) is 24.3 Å². The van der Waals surface area contributed by atoms with E-state index in [1.165, 1.54) is 0 Å². The molecule has 2 rings (SSSR count). The van der Waals surface area contributed by atoms with Crippen LogP contribution in [0.5, 0.6) is 5.75 Å². The highest BCUT2D eigenvalue weighted by Crippen LogP contribution is 2.15. The zero-order valence-electron chi connectivity index (χ0n) is 13.7. The molecule has 126 valence electrons. The van der Waals surface area contributed by atoms with Crippen molar-refractivity contribution in [2.24, 2.45) is 0 Å². The second kappa shape index (κ2) is 8.41. The van der Waals surface area contributed by atoms with E-state index >= 15 is 0 Å². The number of nitrogens with one attached hydrogen (secondary N) is 1. The first-order chi connectivity index (χ1) is 11.1. The van der Waals surface area contributed by atoms with Gasteiger partial charge < -0.3 is 19.7 Å². The maximum Gasteiger partial charge on any atom is 0.407 e. The van der Waals surface area contributed by atoms with E-state index in [0.29, 0.717) is 26.1 Å². The van der Waals surface area contributed by atoms with E-state index < -0.39 is 0 Å². The van der Waals surface area contributed by atoms with E-state index in [4.69, 9.17) is 9.47 Å². The molecule has 6 nitrogen and oxygen atoms in total. The number of hydrogen-bond donors (Lipinski definition) is 1.